The largest absolute Gasteiger partial charge is 0.496 e. The molecule has 2 unspecified atom stereocenters. The lowest BCUT2D eigenvalue weighted by Crippen LogP contribution is -2.43. The Balaban J connectivity index is 0.000000244. The standard InChI is InChI=1S/C21H24ClN3O6S2.C21H24ClN3O6S/c1-4-30-18-10-17-12(8-19(18)33(27,28)25-21(32)23-2)7-14(11-31-17)24-20(26)15-9-13(22)5-6-16(15)29-3;1-4-12-8-18-13(9-19(12)32(28,29)25-21(27)23-2)7-15(11-31-18)24-20(26)16-10-14(22)5-6-17(16)30-3/h5-6,8-10,14H,4,7,11H2,1-3H3,(H,24,26)(H2,23,25,32);5-6,8-10,15H,4,7,11H2,1-3H3,(H,24,26)(H2,23,25,27). The van der Waals surface area contributed by atoms with Crippen molar-refractivity contribution in [1.29, 1.82) is 0 Å². The Morgan fingerprint density at radius 3 is 1.65 bits per heavy atom. The van der Waals surface area contributed by atoms with E-state index in [1.165, 1.54) is 58.6 Å². The van der Waals surface area contributed by atoms with E-state index in [0.717, 1.165) is 0 Å². The molecule has 0 saturated carbocycles. The number of ether oxygens (including phenoxy) is 5. The van der Waals surface area contributed by atoms with Crippen molar-refractivity contribution in [2.24, 2.45) is 0 Å². The van der Waals surface area contributed by atoms with Gasteiger partial charge in [0.05, 0.1) is 48.9 Å². The van der Waals surface area contributed by atoms with E-state index in [2.05, 4.69) is 26.0 Å². The van der Waals surface area contributed by atoms with Crippen molar-refractivity contribution in [3.05, 3.63) is 98.5 Å². The van der Waals surface area contributed by atoms with E-state index in [0.29, 0.717) is 69.0 Å². The maximum Gasteiger partial charge on any atom is 0.328 e. The van der Waals surface area contributed by atoms with Gasteiger partial charge in [-0.15, -0.1) is 0 Å². The van der Waals surface area contributed by atoms with Gasteiger partial charge in [-0.1, -0.05) is 30.1 Å². The number of rotatable bonds is 13. The van der Waals surface area contributed by atoms with Crippen LogP contribution in [0.1, 0.15) is 51.3 Å². The fraction of sp³-hybridized carbons (Fsp3) is 0.333. The summed E-state index contributed by atoms with van der Waals surface area (Å²) in [6, 6.07) is 14.0. The summed E-state index contributed by atoms with van der Waals surface area (Å²) in [5, 5.41) is 11.3. The highest BCUT2D eigenvalue weighted by molar-refractivity contribution is 7.92. The van der Waals surface area contributed by atoms with E-state index >= 15 is 0 Å². The number of amides is 4. The van der Waals surface area contributed by atoms with Crippen molar-refractivity contribution in [3.63, 3.8) is 0 Å². The molecule has 0 saturated heterocycles. The Labute approximate surface area is 392 Å². The summed E-state index contributed by atoms with van der Waals surface area (Å²) in [4.78, 5) is 37.1. The van der Waals surface area contributed by atoms with E-state index in [4.69, 9.17) is 59.1 Å². The fourth-order valence-electron chi connectivity index (χ4n) is 6.73. The number of aryl methyl sites for hydroxylation is 1. The van der Waals surface area contributed by atoms with Crippen molar-refractivity contribution in [2.75, 3.05) is 48.1 Å². The number of benzene rings is 4. The highest BCUT2D eigenvalue weighted by atomic mass is 35.5. The molecule has 6 N–H and O–H groups in total. The third-order valence-corrected chi connectivity index (χ3v) is 13.5. The zero-order valence-corrected chi connectivity index (χ0v) is 40.0. The minimum Gasteiger partial charge on any atom is -0.496 e. The van der Waals surface area contributed by atoms with Crippen LogP contribution in [-0.2, 0) is 39.3 Å². The predicted molar refractivity (Wildman–Crippen MR) is 247 cm³/mol. The molecule has 65 heavy (non-hydrogen) atoms. The number of methoxy groups -OCH3 is 2. The molecule has 23 heteroatoms. The minimum atomic E-state index is -4.08. The molecular formula is C42H48Cl2N6O12S3. The van der Waals surface area contributed by atoms with E-state index in [1.54, 1.807) is 37.3 Å². The minimum absolute atomic E-state index is 0.00515. The summed E-state index contributed by atoms with van der Waals surface area (Å²) in [5.74, 6) is 1.17. The molecule has 0 aliphatic carbocycles. The first-order valence-electron chi connectivity index (χ1n) is 19.9. The van der Waals surface area contributed by atoms with Crippen molar-refractivity contribution in [1.82, 2.24) is 30.7 Å². The van der Waals surface area contributed by atoms with Gasteiger partial charge < -0.3 is 45.0 Å². The maximum absolute atomic E-state index is 12.9. The van der Waals surface area contributed by atoms with Crippen LogP contribution in [0.25, 0.3) is 0 Å². The zero-order valence-electron chi connectivity index (χ0n) is 36.1. The lowest BCUT2D eigenvalue weighted by atomic mass is 9.99. The first kappa shape index (κ1) is 50.3. The summed E-state index contributed by atoms with van der Waals surface area (Å²) in [6.07, 6.45) is 1.11. The van der Waals surface area contributed by atoms with Crippen LogP contribution in [-0.4, -0.2) is 100 Å². The smallest absolute Gasteiger partial charge is 0.328 e. The molecular weight excluding hydrogens is 948 g/mol. The van der Waals surface area contributed by atoms with Gasteiger partial charge in [0, 0.05) is 30.2 Å². The second-order valence-corrected chi connectivity index (χ2v) is 18.8. The Morgan fingerprint density at radius 1 is 0.692 bits per heavy atom. The molecule has 6 rings (SSSR count). The molecule has 0 radical (unpaired) electrons. The fourth-order valence-corrected chi connectivity index (χ4v) is 9.84. The second-order valence-electron chi connectivity index (χ2n) is 14.2. The van der Waals surface area contributed by atoms with Gasteiger partial charge in [-0.05, 0) is 110 Å². The first-order chi connectivity index (χ1) is 30.9. The van der Waals surface area contributed by atoms with Crippen molar-refractivity contribution < 1.29 is 54.9 Å². The summed E-state index contributed by atoms with van der Waals surface area (Å²) >= 11 is 17.0. The summed E-state index contributed by atoms with van der Waals surface area (Å²) in [6.45, 7) is 4.23. The molecule has 0 fully saturated rings. The molecule has 2 aliphatic rings. The van der Waals surface area contributed by atoms with Crippen molar-refractivity contribution >= 4 is 78.4 Å². The Kier molecular flexibility index (Phi) is 17.0. The molecule has 4 amide bonds. The molecule has 0 spiro atoms. The van der Waals surface area contributed by atoms with Gasteiger partial charge in [-0.3, -0.25) is 14.3 Å². The Bertz CT molecular complexity index is 2690. The van der Waals surface area contributed by atoms with Crippen LogP contribution < -0.4 is 54.4 Å². The van der Waals surface area contributed by atoms with Gasteiger partial charge in [-0.25, -0.2) is 26.4 Å². The first-order valence-corrected chi connectivity index (χ1v) is 24.0. The Morgan fingerprint density at radius 2 is 1.18 bits per heavy atom. The third-order valence-electron chi connectivity index (χ3n) is 9.83. The SMILES string of the molecule is CCOc1cc2c(cc1S(=O)(=O)NC(=S)NC)CC(NC(=O)c1cc(Cl)ccc1OC)CO2.CCc1cc2c(cc1S(=O)(=O)NC(=O)NC)CC(NC(=O)c1cc(Cl)ccc1OC)CO2. The van der Waals surface area contributed by atoms with Gasteiger partial charge in [0.2, 0.25) is 0 Å². The van der Waals surface area contributed by atoms with E-state index in [9.17, 15) is 31.2 Å². The normalized spacial score (nSPS) is 15.1. The predicted octanol–water partition coefficient (Wildman–Crippen LogP) is 4.53. The quantitative estimate of drug-likeness (QED) is 0.101. The number of fused-ring (bicyclic) bond motifs is 2. The number of carbonyl (C=O) groups is 3. The topological polar surface area (TPSA) is 238 Å². The Hall–Kier alpha value is -5.74. The molecule has 4 aromatic carbocycles. The second kappa shape index (κ2) is 22.0. The number of halogens is 2. The van der Waals surface area contributed by atoms with Crippen LogP contribution in [0.15, 0.2) is 70.5 Å². The number of urea groups is 1. The molecule has 18 nitrogen and oxygen atoms in total. The van der Waals surface area contributed by atoms with Crippen molar-refractivity contribution in [2.45, 2.75) is 55.0 Å². The van der Waals surface area contributed by atoms with Gasteiger partial charge in [-0.2, -0.15) is 0 Å². The number of hydrogen-bond donors (Lipinski definition) is 6. The highest BCUT2D eigenvalue weighted by Crippen LogP contribution is 2.36. The van der Waals surface area contributed by atoms with Crippen LogP contribution in [0.4, 0.5) is 4.79 Å². The van der Waals surface area contributed by atoms with E-state index in [-0.39, 0.29) is 63.4 Å². The number of carbonyl (C=O) groups excluding carboxylic acids is 3. The van der Waals surface area contributed by atoms with Crippen LogP contribution in [0, 0.1) is 0 Å². The maximum atomic E-state index is 12.9. The molecule has 2 heterocycles. The summed E-state index contributed by atoms with van der Waals surface area (Å²) in [5.41, 5.74) is 2.30. The molecule has 2 aliphatic heterocycles. The molecule has 0 aromatic heterocycles. The summed E-state index contributed by atoms with van der Waals surface area (Å²) < 4.78 is 83.0. The van der Waals surface area contributed by atoms with Crippen LogP contribution in [0.3, 0.4) is 0 Å². The lowest BCUT2D eigenvalue weighted by Gasteiger charge is -2.27. The van der Waals surface area contributed by atoms with E-state index in [1.807, 2.05) is 11.6 Å². The number of hydrogen-bond acceptors (Lipinski definition) is 13. The van der Waals surface area contributed by atoms with Gasteiger partial charge in [0.15, 0.2) is 5.11 Å². The number of sulfonamides is 2. The van der Waals surface area contributed by atoms with Crippen LogP contribution in [0.2, 0.25) is 10.0 Å². The lowest BCUT2D eigenvalue weighted by molar-refractivity contribution is 0.0904. The number of nitrogens with one attached hydrogen (secondary N) is 6. The van der Waals surface area contributed by atoms with Gasteiger partial charge in [0.1, 0.15) is 46.9 Å². The average molecular weight is 996 g/mol. The molecule has 2 atom stereocenters. The van der Waals surface area contributed by atoms with Crippen LogP contribution >= 0.6 is 35.4 Å². The zero-order chi connectivity index (χ0) is 47.6. The highest BCUT2D eigenvalue weighted by Gasteiger charge is 2.30. The molecule has 0 bridgehead atoms. The van der Waals surface area contributed by atoms with Gasteiger partial charge in [0.25, 0.3) is 31.9 Å². The average Bonchev–Trinajstić information content (AvgIpc) is 3.28. The van der Waals surface area contributed by atoms with Gasteiger partial charge >= 0.3 is 6.03 Å². The summed E-state index contributed by atoms with van der Waals surface area (Å²) in [7, 11) is -2.33. The van der Waals surface area contributed by atoms with Crippen LogP contribution in [0.5, 0.6) is 28.7 Å². The third kappa shape index (κ3) is 12.5. The molecule has 4 aromatic rings. The van der Waals surface area contributed by atoms with E-state index < -0.39 is 38.2 Å². The molecule has 350 valence electrons. The van der Waals surface area contributed by atoms with Crippen molar-refractivity contribution in [3.8, 4) is 28.7 Å². The monoisotopic (exact) mass is 994 g/mol. The number of thiocarbonyl (C=S) groups is 1.